The van der Waals surface area contributed by atoms with Gasteiger partial charge >= 0.3 is 0 Å². The molecule has 0 saturated heterocycles. The van der Waals surface area contributed by atoms with E-state index in [0.29, 0.717) is 12.1 Å². The van der Waals surface area contributed by atoms with Crippen LogP contribution >= 0.6 is 0 Å². The van der Waals surface area contributed by atoms with Gasteiger partial charge in [-0.2, -0.15) is 11.8 Å². The maximum Gasteiger partial charge on any atom is 0.128 e. The molecule has 0 atom stereocenters. The summed E-state index contributed by atoms with van der Waals surface area (Å²) in [4.78, 5) is 10.8. The smallest absolute Gasteiger partial charge is 0.128 e. The summed E-state index contributed by atoms with van der Waals surface area (Å²) in [6.45, 7) is 9.54. The number of rotatable bonds is 7. The number of halogens is 4. The van der Waals surface area contributed by atoms with E-state index in [2.05, 4.69) is 32.4 Å². The van der Waals surface area contributed by atoms with Crippen molar-refractivity contribution in [2.45, 2.75) is 46.5 Å². The van der Waals surface area contributed by atoms with Crippen LogP contribution in [0.2, 0.25) is 0 Å². The van der Waals surface area contributed by atoms with Crippen LogP contribution in [0.25, 0.3) is 16.7 Å². The van der Waals surface area contributed by atoms with Crippen molar-refractivity contribution in [2.24, 2.45) is 5.41 Å². The second-order valence-electron chi connectivity index (χ2n) is 9.75. The van der Waals surface area contributed by atoms with E-state index in [1.54, 1.807) is 26.0 Å². The van der Waals surface area contributed by atoms with Crippen LogP contribution in [0, 0.1) is 41.3 Å². The Morgan fingerprint density at radius 3 is 2.14 bits per heavy atom. The van der Waals surface area contributed by atoms with Crippen LogP contribution in [-0.2, 0) is 32.9 Å². The number of hydrogen-bond acceptors (Lipinski definition) is 4. The fraction of sp³-hybridized carbons (Fsp3) is 0.308. The monoisotopic (exact) mass is 677 g/mol. The molecule has 194 valence electrons. The van der Waals surface area contributed by atoms with Crippen molar-refractivity contribution in [3.63, 3.8) is 0 Å². The predicted octanol–water partition coefficient (Wildman–Crippen LogP) is 6.20. The molecule has 0 aliphatic heterocycles. The summed E-state index contributed by atoms with van der Waals surface area (Å²) in [5.41, 5.74) is -0.170. The molecule has 0 spiro atoms. The molecule has 0 aromatic carbocycles. The minimum atomic E-state index is -1.08. The molecule has 5 nitrogen and oxygen atoms in total. The fourth-order valence-electron chi connectivity index (χ4n) is 3.32. The summed E-state index contributed by atoms with van der Waals surface area (Å²) < 4.78 is 54.4. The third kappa shape index (κ3) is 7.29. The standard InChI is InChI=1S/C26H24F4N5.Pt/c1-25(2,3)14-15-12-18(16-6-8-21(27)34-23(16)29)33-20(13-15)26(4,5)19(31)10-11-32-17-7-9-22(28)35-24(17)30;/h8-13,32H,14H2,1-5H3;/q-3;/b11-10-;. The van der Waals surface area contributed by atoms with Gasteiger partial charge in [-0.3, -0.25) is 13.8 Å². The van der Waals surface area contributed by atoms with E-state index >= 15 is 0 Å². The molecule has 0 aliphatic rings. The Morgan fingerprint density at radius 1 is 0.944 bits per heavy atom. The molecule has 0 amide bonds. The van der Waals surface area contributed by atoms with Crippen molar-refractivity contribution in [2.75, 3.05) is 5.32 Å². The molecule has 0 fully saturated rings. The predicted molar refractivity (Wildman–Crippen MR) is 127 cm³/mol. The van der Waals surface area contributed by atoms with Crippen LogP contribution in [0.4, 0.5) is 23.2 Å². The van der Waals surface area contributed by atoms with Crippen LogP contribution < -0.4 is 5.32 Å². The van der Waals surface area contributed by atoms with Gasteiger partial charge in [0.2, 0.25) is 0 Å². The Bertz CT molecular complexity index is 1290. The van der Waals surface area contributed by atoms with Gasteiger partial charge in [-0.1, -0.05) is 64.0 Å². The van der Waals surface area contributed by atoms with Crippen molar-refractivity contribution in [1.29, 1.82) is 0 Å². The molecule has 10 heteroatoms. The fourth-order valence-corrected chi connectivity index (χ4v) is 3.32. The minimum Gasteiger partial charge on any atom is -0.807 e. The van der Waals surface area contributed by atoms with Gasteiger partial charge in [0, 0.05) is 32.2 Å². The van der Waals surface area contributed by atoms with E-state index in [1.807, 2.05) is 20.8 Å². The Kier molecular flexibility index (Phi) is 9.29. The Morgan fingerprint density at radius 2 is 1.56 bits per heavy atom. The van der Waals surface area contributed by atoms with E-state index in [9.17, 15) is 23.0 Å². The van der Waals surface area contributed by atoms with Gasteiger partial charge in [-0.05, 0) is 35.5 Å². The van der Waals surface area contributed by atoms with Crippen LogP contribution in [-0.4, -0.2) is 20.7 Å². The number of nitrogens with zero attached hydrogens (tertiary/aromatic N) is 4. The topological polar surface area (TPSA) is 73.0 Å². The second kappa shape index (κ2) is 11.4. The molecular formula is C26H24F4N5Pt-3. The van der Waals surface area contributed by atoms with Crippen molar-refractivity contribution in [3.05, 3.63) is 89.1 Å². The van der Waals surface area contributed by atoms with Gasteiger partial charge in [0.15, 0.2) is 0 Å². The van der Waals surface area contributed by atoms with Gasteiger partial charge in [0.1, 0.15) is 17.8 Å². The first-order valence-corrected chi connectivity index (χ1v) is 10.7. The number of aromatic nitrogens is 3. The number of hydrogen-bond donors (Lipinski definition) is 1. The van der Waals surface area contributed by atoms with Crippen LogP contribution in [0.3, 0.4) is 0 Å². The van der Waals surface area contributed by atoms with E-state index in [-0.39, 0.29) is 49.1 Å². The third-order valence-corrected chi connectivity index (χ3v) is 5.12. The zero-order valence-electron chi connectivity index (χ0n) is 20.3. The maximum absolute atomic E-state index is 14.4. The molecule has 3 aromatic heterocycles. The first kappa shape index (κ1) is 29.3. The van der Waals surface area contributed by atoms with Crippen molar-refractivity contribution in [1.82, 2.24) is 15.0 Å². The van der Waals surface area contributed by atoms with Gasteiger partial charge in [0.05, 0.1) is 5.95 Å². The van der Waals surface area contributed by atoms with Crippen molar-refractivity contribution in [3.8, 4) is 11.3 Å². The van der Waals surface area contributed by atoms with E-state index in [0.717, 1.165) is 17.7 Å². The van der Waals surface area contributed by atoms with Gasteiger partial charge < -0.3 is 20.7 Å². The van der Waals surface area contributed by atoms with E-state index < -0.39 is 29.2 Å². The van der Waals surface area contributed by atoms with Crippen molar-refractivity contribution < 1.29 is 38.6 Å². The third-order valence-electron chi connectivity index (χ3n) is 5.12. The molecule has 0 bridgehead atoms. The minimum absolute atomic E-state index is 0. The van der Waals surface area contributed by atoms with Gasteiger partial charge in [-0.25, -0.2) is 8.78 Å². The van der Waals surface area contributed by atoms with E-state index in [4.69, 9.17) is 0 Å². The zero-order valence-corrected chi connectivity index (χ0v) is 22.6. The molecule has 3 heterocycles. The van der Waals surface area contributed by atoms with Crippen LogP contribution in [0.15, 0.2) is 36.5 Å². The summed E-state index contributed by atoms with van der Waals surface area (Å²) in [7, 11) is 0. The Balaban J connectivity index is 0.00000456. The summed E-state index contributed by atoms with van der Waals surface area (Å²) in [6, 6.07) is 10.2. The largest absolute Gasteiger partial charge is 0.807 e. The second-order valence-corrected chi connectivity index (χ2v) is 9.75. The maximum atomic E-state index is 14.4. The average molecular weight is 678 g/mol. The molecule has 0 aliphatic carbocycles. The van der Waals surface area contributed by atoms with Gasteiger partial charge in [-0.15, -0.1) is 12.1 Å². The summed E-state index contributed by atoms with van der Waals surface area (Å²) in [6.07, 6.45) is 3.16. The number of allylic oxidation sites excluding steroid dienone is 1. The molecule has 0 radical (unpaired) electrons. The zero-order chi connectivity index (χ0) is 26.0. The van der Waals surface area contributed by atoms with Gasteiger partial charge in [0.25, 0.3) is 0 Å². The molecule has 3 aromatic rings. The van der Waals surface area contributed by atoms with E-state index in [1.165, 1.54) is 12.3 Å². The summed E-state index contributed by atoms with van der Waals surface area (Å²) >= 11 is 0. The average Bonchev–Trinajstić information content (AvgIpc) is 2.73. The van der Waals surface area contributed by atoms with Crippen LogP contribution in [0.5, 0.6) is 0 Å². The number of nitrogens with one attached hydrogen (secondary N) is 1. The van der Waals surface area contributed by atoms with Crippen molar-refractivity contribution >= 4 is 11.4 Å². The molecule has 0 saturated carbocycles. The first-order valence-electron chi connectivity index (χ1n) is 10.7. The Labute approximate surface area is 222 Å². The normalized spacial score (nSPS) is 11.9. The summed E-state index contributed by atoms with van der Waals surface area (Å²) in [5, 5.41) is 13.4. The van der Waals surface area contributed by atoms with Crippen LogP contribution in [0.1, 0.15) is 45.9 Å². The molecule has 3 rings (SSSR count). The first-order chi connectivity index (χ1) is 16.3. The molecular weight excluding hydrogens is 653 g/mol. The number of anilines is 1. The molecule has 36 heavy (non-hydrogen) atoms. The molecule has 0 unspecified atom stereocenters. The molecule has 1 N–H and O–H groups in total. The SMILES string of the molecule is CC(C)(C)Cc1cc(-c2[c-]cc(F)nc2F)nc(C(C)(C)C(=[N-])/C=C\Nc2[c-]cc(F)nc2F)c1.[Pt]. The Hall–Kier alpha value is -2.93. The number of pyridine rings is 3. The quantitative estimate of drug-likeness (QED) is 0.140. The summed E-state index contributed by atoms with van der Waals surface area (Å²) in [5.74, 6) is -4.13.